The van der Waals surface area contributed by atoms with E-state index in [-0.39, 0.29) is 22.9 Å². The van der Waals surface area contributed by atoms with Gasteiger partial charge in [-0.25, -0.2) is 8.78 Å². The van der Waals surface area contributed by atoms with Crippen molar-refractivity contribution in [1.82, 2.24) is 9.80 Å². The Balaban J connectivity index is 1.24. The molecular formula is C26H30F2N2O2. The lowest BCUT2D eigenvalue weighted by Gasteiger charge is -2.48. The Kier molecular flexibility index (Phi) is 5.99. The number of amides is 1. The number of halogens is 2. The van der Waals surface area contributed by atoms with E-state index in [9.17, 15) is 13.6 Å². The van der Waals surface area contributed by atoms with Gasteiger partial charge in [0.25, 0.3) is 5.91 Å². The number of hydrogen-bond donors (Lipinski definition) is 0. The Morgan fingerprint density at radius 3 is 2.41 bits per heavy atom. The summed E-state index contributed by atoms with van der Waals surface area (Å²) < 4.78 is 33.7. The zero-order chi connectivity index (χ0) is 22.1. The fourth-order valence-electron chi connectivity index (χ4n) is 5.32. The first kappa shape index (κ1) is 21.5. The maximum absolute atomic E-state index is 14.1. The van der Waals surface area contributed by atoms with Crippen LogP contribution in [0.5, 0.6) is 0 Å². The molecule has 0 radical (unpaired) electrons. The number of piperidine rings is 1. The third-order valence-corrected chi connectivity index (χ3v) is 7.30. The van der Waals surface area contributed by atoms with Crippen LogP contribution in [-0.2, 0) is 11.3 Å². The van der Waals surface area contributed by atoms with Crippen LogP contribution in [0.1, 0.15) is 54.4 Å². The molecule has 2 aromatic rings. The zero-order valence-corrected chi connectivity index (χ0v) is 18.3. The van der Waals surface area contributed by atoms with Gasteiger partial charge in [-0.15, -0.1) is 0 Å². The van der Waals surface area contributed by atoms with Crippen molar-refractivity contribution in [3.63, 3.8) is 0 Å². The van der Waals surface area contributed by atoms with Crippen molar-refractivity contribution < 1.29 is 18.3 Å². The van der Waals surface area contributed by atoms with Gasteiger partial charge in [-0.05, 0) is 68.4 Å². The van der Waals surface area contributed by atoms with Crippen molar-refractivity contribution in [3.05, 3.63) is 71.3 Å². The average molecular weight is 441 g/mol. The summed E-state index contributed by atoms with van der Waals surface area (Å²) in [6.45, 7) is 2.73. The molecule has 170 valence electrons. The molecule has 1 atom stereocenters. The molecule has 5 rings (SSSR count). The number of carbonyl (C=O) groups excluding carboxylic acids is 1. The molecule has 6 heteroatoms. The first-order valence-electron chi connectivity index (χ1n) is 11.7. The lowest BCUT2D eigenvalue weighted by molar-refractivity contribution is -0.131. The molecular weight excluding hydrogens is 410 g/mol. The fourth-order valence-corrected chi connectivity index (χ4v) is 5.32. The highest BCUT2D eigenvalue weighted by Crippen LogP contribution is 2.40. The zero-order valence-electron chi connectivity index (χ0n) is 18.3. The lowest BCUT2D eigenvalue weighted by Crippen LogP contribution is -2.54. The molecule has 2 heterocycles. The van der Waals surface area contributed by atoms with E-state index >= 15 is 0 Å². The monoisotopic (exact) mass is 440 g/mol. The van der Waals surface area contributed by atoms with Gasteiger partial charge in [0.1, 0.15) is 11.6 Å². The van der Waals surface area contributed by atoms with E-state index in [4.69, 9.17) is 4.74 Å². The van der Waals surface area contributed by atoms with E-state index < -0.39 is 5.82 Å². The lowest BCUT2D eigenvalue weighted by atomic mass is 9.81. The second-order valence-corrected chi connectivity index (χ2v) is 9.48. The van der Waals surface area contributed by atoms with Crippen LogP contribution in [-0.4, -0.2) is 53.1 Å². The summed E-state index contributed by atoms with van der Waals surface area (Å²) in [6, 6.07) is 14.0. The largest absolute Gasteiger partial charge is 0.375 e. The van der Waals surface area contributed by atoms with E-state index in [1.54, 1.807) is 23.1 Å². The highest BCUT2D eigenvalue weighted by atomic mass is 19.1. The van der Waals surface area contributed by atoms with Crippen LogP contribution >= 0.6 is 0 Å². The maximum Gasteiger partial charge on any atom is 0.256 e. The van der Waals surface area contributed by atoms with Crippen LogP contribution in [0.3, 0.4) is 0 Å². The van der Waals surface area contributed by atoms with Gasteiger partial charge in [0.05, 0.1) is 11.2 Å². The van der Waals surface area contributed by atoms with Crippen molar-refractivity contribution in [3.8, 4) is 0 Å². The van der Waals surface area contributed by atoms with Crippen molar-refractivity contribution in [2.45, 2.75) is 62.8 Å². The standard InChI is InChI=1S/C26H30F2N2O2/c27-20-7-5-19(6-8-20)18-30(21-9-10-21)22-11-16-32-26(17-22)12-14-29(15-13-26)25(31)23-3-1-2-4-24(23)28/h1-8,21-22H,9-18H2. The molecule has 0 bridgehead atoms. The van der Waals surface area contributed by atoms with Crippen LogP contribution in [0.15, 0.2) is 48.5 Å². The summed E-state index contributed by atoms with van der Waals surface area (Å²) in [6.07, 6.45) is 5.94. The molecule has 1 saturated carbocycles. The number of benzene rings is 2. The third kappa shape index (κ3) is 4.57. The van der Waals surface area contributed by atoms with Crippen LogP contribution in [0.25, 0.3) is 0 Å². The van der Waals surface area contributed by atoms with Gasteiger partial charge in [-0.3, -0.25) is 9.69 Å². The van der Waals surface area contributed by atoms with Crippen molar-refractivity contribution in [1.29, 1.82) is 0 Å². The van der Waals surface area contributed by atoms with Crippen LogP contribution in [0.4, 0.5) is 8.78 Å². The third-order valence-electron chi connectivity index (χ3n) is 7.30. The van der Waals surface area contributed by atoms with Crippen LogP contribution in [0, 0.1) is 11.6 Å². The molecule has 3 aliphatic rings. The molecule has 2 aliphatic heterocycles. The van der Waals surface area contributed by atoms with Gasteiger partial charge >= 0.3 is 0 Å². The molecule has 1 amide bonds. The summed E-state index contributed by atoms with van der Waals surface area (Å²) in [5.41, 5.74) is 1.07. The Bertz CT molecular complexity index is 953. The first-order chi connectivity index (χ1) is 15.5. The van der Waals surface area contributed by atoms with E-state index in [1.165, 1.54) is 31.0 Å². The molecule has 32 heavy (non-hydrogen) atoms. The predicted molar refractivity (Wildman–Crippen MR) is 118 cm³/mol. The number of nitrogens with zero attached hydrogens (tertiary/aromatic N) is 2. The van der Waals surface area contributed by atoms with E-state index in [0.29, 0.717) is 25.2 Å². The molecule has 1 aliphatic carbocycles. The SMILES string of the molecule is O=C(c1ccccc1F)N1CCC2(CC1)CC(N(Cc1ccc(F)cc1)C1CC1)CCO2. The van der Waals surface area contributed by atoms with Gasteiger partial charge in [-0.2, -0.15) is 0 Å². The van der Waals surface area contributed by atoms with Gasteiger partial charge in [0.2, 0.25) is 0 Å². The number of ether oxygens (including phenoxy) is 1. The highest BCUT2D eigenvalue weighted by molar-refractivity contribution is 5.94. The van der Waals surface area contributed by atoms with Gasteiger partial charge in [0, 0.05) is 38.3 Å². The summed E-state index contributed by atoms with van der Waals surface area (Å²) >= 11 is 0. The summed E-state index contributed by atoms with van der Waals surface area (Å²) in [5, 5.41) is 0. The van der Waals surface area contributed by atoms with Crippen LogP contribution in [0.2, 0.25) is 0 Å². The van der Waals surface area contributed by atoms with Crippen molar-refractivity contribution in [2.24, 2.45) is 0 Å². The molecule has 3 fully saturated rings. The summed E-state index contributed by atoms with van der Waals surface area (Å²) in [7, 11) is 0. The number of carbonyl (C=O) groups is 1. The maximum atomic E-state index is 14.1. The topological polar surface area (TPSA) is 32.8 Å². The second kappa shape index (κ2) is 8.91. The second-order valence-electron chi connectivity index (χ2n) is 9.48. The minimum Gasteiger partial charge on any atom is -0.375 e. The van der Waals surface area contributed by atoms with Crippen molar-refractivity contribution >= 4 is 5.91 Å². The molecule has 0 aromatic heterocycles. The van der Waals surface area contributed by atoms with E-state index in [1.807, 2.05) is 12.1 Å². The number of likely N-dealkylation sites (tertiary alicyclic amines) is 1. The minimum atomic E-state index is -0.465. The van der Waals surface area contributed by atoms with Crippen molar-refractivity contribution in [2.75, 3.05) is 19.7 Å². The summed E-state index contributed by atoms with van der Waals surface area (Å²) in [5.74, 6) is -0.901. The highest BCUT2D eigenvalue weighted by Gasteiger charge is 2.45. The molecule has 1 unspecified atom stereocenters. The van der Waals surface area contributed by atoms with Gasteiger partial charge in [0.15, 0.2) is 0 Å². The normalized spacial score (nSPS) is 23.0. The minimum absolute atomic E-state index is 0.144. The Labute approximate surface area is 188 Å². The smallest absolute Gasteiger partial charge is 0.256 e. The molecule has 2 saturated heterocycles. The van der Waals surface area contributed by atoms with Gasteiger partial charge in [-0.1, -0.05) is 24.3 Å². The predicted octanol–water partition coefficient (Wildman–Crippen LogP) is 4.78. The fraction of sp³-hybridized carbons (Fsp3) is 0.500. The Morgan fingerprint density at radius 1 is 1.00 bits per heavy atom. The van der Waals surface area contributed by atoms with Gasteiger partial charge < -0.3 is 9.64 Å². The molecule has 2 aromatic carbocycles. The Hall–Kier alpha value is -2.31. The van der Waals surface area contributed by atoms with E-state index in [0.717, 1.165) is 44.4 Å². The molecule has 1 spiro atoms. The molecule has 0 N–H and O–H groups in total. The Morgan fingerprint density at radius 2 is 1.72 bits per heavy atom. The first-order valence-corrected chi connectivity index (χ1v) is 11.7. The summed E-state index contributed by atoms with van der Waals surface area (Å²) in [4.78, 5) is 17.1. The number of hydrogen-bond acceptors (Lipinski definition) is 3. The number of rotatable bonds is 5. The quantitative estimate of drug-likeness (QED) is 0.671. The van der Waals surface area contributed by atoms with E-state index in [2.05, 4.69) is 4.90 Å². The average Bonchev–Trinajstić information content (AvgIpc) is 3.64. The van der Waals surface area contributed by atoms with Crippen LogP contribution < -0.4 is 0 Å². The molecule has 4 nitrogen and oxygen atoms in total.